The first-order valence-electron chi connectivity index (χ1n) is 19.3. The highest BCUT2D eigenvalue weighted by Gasteiger charge is 2.39. The molecule has 1 saturated heterocycles. The number of rotatable bonds is 6. The normalized spacial score (nSPS) is 17.2. The van der Waals surface area contributed by atoms with Gasteiger partial charge in [-0.15, -0.1) is 0 Å². The van der Waals surface area contributed by atoms with Crippen LogP contribution in [0.4, 0.5) is 5.69 Å². The monoisotopic (exact) mass is 878 g/mol. The number of nitrogens with zero attached hydrogens (tertiary/aromatic N) is 7. The lowest BCUT2D eigenvalue weighted by molar-refractivity contribution is 0.0819. The summed E-state index contributed by atoms with van der Waals surface area (Å²) in [6.45, 7) is 6.39. The number of H-pyrrole nitrogens is 3. The Kier molecular flexibility index (Phi) is 10.9. The second-order valence-electron chi connectivity index (χ2n) is 15.6. The molecule has 3 fully saturated rings. The van der Waals surface area contributed by atoms with Crippen molar-refractivity contribution in [1.82, 2.24) is 44.9 Å². The fourth-order valence-electron chi connectivity index (χ4n) is 8.31. The van der Waals surface area contributed by atoms with Crippen LogP contribution < -0.4 is 4.90 Å². The summed E-state index contributed by atoms with van der Waals surface area (Å²) in [6, 6.07) is 10.4. The molecule has 12 nitrogen and oxygen atoms in total. The van der Waals surface area contributed by atoms with E-state index in [-0.39, 0.29) is 22.4 Å². The molecule has 0 unspecified atom stereocenters. The Morgan fingerprint density at radius 2 is 1.21 bits per heavy atom. The third-order valence-electron chi connectivity index (χ3n) is 11.6. The predicted octanol–water partition coefficient (Wildman–Crippen LogP) is 10.2. The van der Waals surface area contributed by atoms with Gasteiger partial charge in [0.15, 0.2) is 28.5 Å². The van der Waals surface area contributed by atoms with Crippen LogP contribution >= 0.6 is 31.9 Å². The van der Waals surface area contributed by atoms with Crippen LogP contribution in [0.15, 0.2) is 76.7 Å². The Morgan fingerprint density at radius 1 is 0.661 bits per heavy atom. The number of anilines is 1. The molecule has 288 valence electrons. The Hall–Kier alpha value is -4.82. The lowest BCUT2D eigenvalue weighted by atomic mass is 9.81. The van der Waals surface area contributed by atoms with Crippen molar-refractivity contribution >= 4 is 82.6 Å². The third-order valence-corrected chi connectivity index (χ3v) is 12.3. The van der Waals surface area contributed by atoms with Gasteiger partial charge in [0.25, 0.3) is 0 Å². The third kappa shape index (κ3) is 7.77. The van der Waals surface area contributed by atoms with Gasteiger partial charge in [0.05, 0.1) is 35.4 Å². The number of halogens is 2. The zero-order valence-electron chi connectivity index (χ0n) is 31.5. The first-order valence-corrected chi connectivity index (χ1v) is 20.9. The number of aromatic amines is 3. The van der Waals surface area contributed by atoms with E-state index in [4.69, 9.17) is 4.98 Å². The van der Waals surface area contributed by atoms with Gasteiger partial charge in [-0.05, 0) is 88.6 Å². The molecule has 56 heavy (non-hydrogen) atoms. The van der Waals surface area contributed by atoms with Crippen molar-refractivity contribution in [2.75, 3.05) is 18.0 Å². The van der Waals surface area contributed by atoms with E-state index in [1.54, 1.807) is 31.0 Å². The highest BCUT2D eigenvalue weighted by molar-refractivity contribution is 9.10. The van der Waals surface area contributed by atoms with Crippen LogP contribution in [0.5, 0.6) is 0 Å². The van der Waals surface area contributed by atoms with Crippen molar-refractivity contribution < 1.29 is 9.59 Å². The Balaban J connectivity index is 0.000000134. The van der Waals surface area contributed by atoms with E-state index in [9.17, 15) is 9.59 Å². The highest BCUT2D eigenvalue weighted by Crippen LogP contribution is 2.42. The summed E-state index contributed by atoms with van der Waals surface area (Å²) < 4.78 is 1.42. The number of fused-ring (bicyclic) bond motifs is 3. The van der Waals surface area contributed by atoms with Crippen molar-refractivity contribution in [3.05, 3.63) is 87.8 Å². The maximum atomic E-state index is 13.2. The van der Waals surface area contributed by atoms with Crippen LogP contribution in [0.3, 0.4) is 0 Å². The Morgan fingerprint density at radius 3 is 1.84 bits per heavy atom. The van der Waals surface area contributed by atoms with E-state index >= 15 is 0 Å². The maximum absolute atomic E-state index is 13.2. The zero-order chi connectivity index (χ0) is 38.9. The number of benzene rings is 1. The lowest BCUT2D eigenvalue weighted by Gasteiger charge is -2.21. The summed E-state index contributed by atoms with van der Waals surface area (Å²) in [7, 11) is 0. The van der Waals surface area contributed by atoms with Gasteiger partial charge in [-0.3, -0.25) is 9.59 Å². The van der Waals surface area contributed by atoms with E-state index in [0.29, 0.717) is 38.1 Å². The van der Waals surface area contributed by atoms with E-state index in [0.717, 1.165) is 91.5 Å². The molecule has 2 saturated carbocycles. The predicted molar refractivity (Wildman–Crippen MR) is 226 cm³/mol. The van der Waals surface area contributed by atoms with Crippen LogP contribution in [0.2, 0.25) is 0 Å². The first kappa shape index (κ1) is 38.1. The molecule has 0 amide bonds. The fourth-order valence-corrected chi connectivity index (χ4v) is 8.88. The molecule has 1 aromatic carbocycles. The first-order chi connectivity index (χ1) is 27.1. The number of Topliss-reactive ketones (excluding diaryl/α,β-unsaturated/α-hetero) is 2. The number of carbonyl (C=O) groups is 2. The van der Waals surface area contributed by atoms with Crippen molar-refractivity contribution in [3.63, 3.8) is 0 Å². The minimum atomic E-state index is -0.261. The molecule has 6 aromatic heterocycles. The molecule has 0 spiro atoms. The van der Waals surface area contributed by atoms with Gasteiger partial charge < -0.3 is 19.9 Å². The molecule has 0 bridgehead atoms. The number of hydrogen-bond acceptors (Lipinski definition) is 9. The van der Waals surface area contributed by atoms with Gasteiger partial charge in [-0.1, -0.05) is 51.7 Å². The topological polar surface area (TPSA) is 162 Å². The van der Waals surface area contributed by atoms with Crippen molar-refractivity contribution in [3.8, 4) is 11.3 Å². The van der Waals surface area contributed by atoms with Gasteiger partial charge >= 0.3 is 0 Å². The van der Waals surface area contributed by atoms with E-state index < -0.39 is 0 Å². The zero-order valence-corrected chi connectivity index (χ0v) is 34.7. The van der Waals surface area contributed by atoms with Gasteiger partial charge in [-0.2, -0.15) is 0 Å². The van der Waals surface area contributed by atoms with Gasteiger partial charge in [0.2, 0.25) is 0 Å². The molecule has 7 aromatic rings. The molecule has 7 heterocycles. The number of ketones is 2. The minimum absolute atomic E-state index is 0.193. The molecular weight excluding hydrogens is 836 g/mol. The van der Waals surface area contributed by atoms with E-state index in [1.165, 1.54) is 18.5 Å². The summed E-state index contributed by atoms with van der Waals surface area (Å²) in [4.78, 5) is 63.6. The number of carbonyl (C=O) groups excluding carboxylic acids is 2. The smallest absolute Gasteiger partial charge is 0.172 e. The largest absolute Gasteiger partial charge is 0.372 e. The fraction of sp³-hybridized carbons (Fsp3) is 0.381. The number of hydrogen-bond donors (Lipinski definition) is 3. The number of nitrogens with one attached hydrogen (secondary N) is 3. The Bertz CT molecular complexity index is 2520. The van der Waals surface area contributed by atoms with Crippen LogP contribution in [0, 0.1) is 10.8 Å². The molecular formula is C42H44Br2N10O2. The van der Waals surface area contributed by atoms with Crippen LogP contribution in [-0.2, 0) is 0 Å². The van der Waals surface area contributed by atoms with Crippen molar-refractivity contribution in [2.24, 2.45) is 10.8 Å². The minimum Gasteiger partial charge on any atom is -0.372 e. The van der Waals surface area contributed by atoms with Crippen molar-refractivity contribution in [1.29, 1.82) is 0 Å². The summed E-state index contributed by atoms with van der Waals surface area (Å²) in [5.74, 6) is 0.396. The molecule has 0 atom stereocenters. The van der Waals surface area contributed by atoms with Crippen molar-refractivity contribution in [2.45, 2.75) is 78.1 Å². The lowest BCUT2D eigenvalue weighted by Crippen LogP contribution is -2.24. The second-order valence-corrected chi connectivity index (χ2v) is 17.2. The van der Waals surface area contributed by atoms with Crippen LogP contribution in [-0.4, -0.2) is 69.5 Å². The standard InChI is InChI=1S/C23H26N4O.C13H14BrN3O.C6H4BrN3/c1-23(9-2-3-10-23)21(28)18-14-24-22-20(18)26-19(15-25-22)16-7-6-8-17(13-16)27-11-4-5-12-27;1-13(4-2-3-5-13)11(18)8-6-15-12-10(8)17-9(14)7-16-12;7-5-3-9-6-4(10-5)1-2-8-6/h6-8,13-15H,2-5,9-12H2,1H3,(H,24,25);6-7H,2-5H2,1H3,(H,15,16);1-3H,(H,8,9). The average molecular weight is 881 g/mol. The molecule has 2 aliphatic carbocycles. The van der Waals surface area contributed by atoms with E-state index in [1.807, 2.05) is 12.3 Å². The summed E-state index contributed by atoms with van der Waals surface area (Å²) in [6.07, 6.45) is 21.4. The molecule has 1 aliphatic heterocycles. The Labute approximate surface area is 341 Å². The summed E-state index contributed by atoms with van der Waals surface area (Å²) in [5, 5.41) is 0. The number of aromatic nitrogens is 9. The van der Waals surface area contributed by atoms with Crippen LogP contribution in [0.1, 0.15) is 98.8 Å². The van der Waals surface area contributed by atoms with Gasteiger partial charge in [0.1, 0.15) is 25.8 Å². The summed E-state index contributed by atoms with van der Waals surface area (Å²) >= 11 is 6.53. The van der Waals surface area contributed by atoms with Gasteiger partial charge in [-0.25, -0.2) is 29.9 Å². The molecule has 3 aliphatic rings. The summed E-state index contributed by atoms with van der Waals surface area (Å²) in [5.41, 5.74) is 8.40. The molecule has 0 radical (unpaired) electrons. The molecule has 10 rings (SSSR count). The quantitative estimate of drug-likeness (QED) is 0.138. The highest BCUT2D eigenvalue weighted by atomic mass is 79.9. The van der Waals surface area contributed by atoms with E-state index in [2.05, 4.69) is 115 Å². The second kappa shape index (κ2) is 16.0. The molecule has 14 heteroatoms. The SMILES string of the molecule is Brc1cnc2[nH]ccc2n1.CC1(C(=O)c2c[nH]c3ncc(-c4cccc(N5CCCC5)c4)nc23)CCCC1.CC1(C(=O)c2c[nH]c3ncc(Br)nc23)CCCC1. The van der Waals surface area contributed by atoms with Crippen LogP contribution in [0.25, 0.3) is 44.7 Å². The maximum Gasteiger partial charge on any atom is 0.172 e. The average Bonchev–Trinajstić information content (AvgIpc) is 4.07. The van der Waals surface area contributed by atoms with Gasteiger partial charge in [0, 0.05) is 53.8 Å². The molecule has 3 N–H and O–H groups in total.